The fourth-order valence-corrected chi connectivity index (χ4v) is 1.59. The highest BCUT2D eigenvalue weighted by atomic mass is 35.5. The van der Waals surface area contributed by atoms with Gasteiger partial charge in [-0.2, -0.15) is 0 Å². The topological polar surface area (TPSA) is 35.5 Å². The van der Waals surface area contributed by atoms with Gasteiger partial charge in [-0.25, -0.2) is 0 Å². The fourth-order valence-electron chi connectivity index (χ4n) is 1.08. The molecule has 0 aliphatic carbocycles. The molecule has 0 radical (unpaired) electrons. The van der Waals surface area contributed by atoms with Gasteiger partial charge in [0.15, 0.2) is 11.1 Å². The van der Waals surface area contributed by atoms with Crippen molar-refractivity contribution in [1.82, 2.24) is 0 Å². The summed E-state index contributed by atoms with van der Waals surface area (Å²) in [6.07, 6.45) is 3.04. The van der Waals surface area contributed by atoms with Gasteiger partial charge < -0.3 is 13.6 Å². The maximum Gasteiger partial charge on any atom is 0.191 e. The van der Waals surface area contributed by atoms with E-state index in [4.69, 9.17) is 36.8 Å². The first-order valence-electron chi connectivity index (χ1n) is 4.28. The van der Waals surface area contributed by atoms with Crippen molar-refractivity contribution in [3.8, 4) is 0 Å². The van der Waals surface area contributed by atoms with E-state index in [9.17, 15) is 0 Å². The molecular formula is C10H8Cl2O3. The minimum absolute atomic E-state index is 0.508. The zero-order valence-corrected chi connectivity index (χ0v) is 9.11. The SMILES string of the molecule is ClC(OC(Cl)c1ccco1)c1ccco1. The van der Waals surface area contributed by atoms with E-state index in [0.29, 0.717) is 11.5 Å². The van der Waals surface area contributed by atoms with E-state index in [-0.39, 0.29) is 0 Å². The lowest BCUT2D eigenvalue weighted by molar-refractivity contribution is 0.0567. The molecule has 80 valence electrons. The zero-order chi connectivity index (χ0) is 10.7. The van der Waals surface area contributed by atoms with Gasteiger partial charge in [0.1, 0.15) is 11.5 Å². The maximum absolute atomic E-state index is 5.92. The van der Waals surface area contributed by atoms with Crippen LogP contribution in [-0.4, -0.2) is 0 Å². The van der Waals surface area contributed by atoms with Crippen LogP contribution in [0, 0.1) is 0 Å². The Labute approximate surface area is 96.5 Å². The Morgan fingerprint density at radius 3 is 1.73 bits per heavy atom. The van der Waals surface area contributed by atoms with E-state index in [0.717, 1.165) is 0 Å². The molecule has 0 saturated carbocycles. The minimum atomic E-state index is -0.729. The first kappa shape index (κ1) is 10.6. The van der Waals surface area contributed by atoms with E-state index in [2.05, 4.69) is 0 Å². The zero-order valence-electron chi connectivity index (χ0n) is 7.60. The smallest absolute Gasteiger partial charge is 0.191 e. The molecule has 0 bridgehead atoms. The van der Waals surface area contributed by atoms with Gasteiger partial charge in [-0.05, 0) is 24.3 Å². The van der Waals surface area contributed by atoms with Crippen molar-refractivity contribution in [2.75, 3.05) is 0 Å². The van der Waals surface area contributed by atoms with Crippen LogP contribution in [0.25, 0.3) is 0 Å². The van der Waals surface area contributed by atoms with Crippen LogP contribution in [0.3, 0.4) is 0 Å². The number of ether oxygens (including phenoxy) is 1. The average molecular weight is 247 g/mol. The second-order valence-corrected chi connectivity index (χ2v) is 3.59. The van der Waals surface area contributed by atoms with Gasteiger partial charge >= 0.3 is 0 Å². The first-order valence-corrected chi connectivity index (χ1v) is 5.15. The summed E-state index contributed by atoms with van der Waals surface area (Å²) in [4.78, 5) is 0. The molecule has 2 atom stereocenters. The molecule has 2 aromatic heterocycles. The summed E-state index contributed by atoms with van der Waals surface area (Å²) in [7, 11) is 0. The third-order valence-corrected chi connectivity index (χ3v) is 2.41. The third-order valence-electron chi connectivity index (χ3n) is 1.77. The highest BCUT2D eigenvalue weighted by molar-refractivity contribution is 6.21. The van der Waals surface area contributed by atoms with Crippen molar-refractivity contribution >= 4 is 23.2 Å². The second-order valence-electron chi connectivity index (χ2n) is 2.80. The van der Waals surface area contributed by atoms with Crippen molar-refractivity contribution in [1.29, 1.82) is 0 Å². The lowest BCUT2D eigenvalue weighted by atomic mass is 10.4. The van der Waals surface area contributed by atoms with Gasteiger partial charge in [0.2, 0.25) is 0 Å². The van der Waals surface area contributed by atoms with Crippen LogP contribution in [0.1, 0.15) is 22.6 Å². The van der Waals surface area contributed by atoms with Crippen LogP contribution in [0.5, 0.6) is 0 Å². The minimum Gasteiger partial charge on any atom is -0.465 e. The van der Waals surface area contributed by atoms with Crippen molar-refractivity contribution in [3.05, 3.63) is 48.3 Å². The monoisotopic (exact) mass is 246 g/mol. The summed E-state index contributed by atoms with van der Waals surface area (Å²) in [5, 5.41) is 0. The Bertz CT molecular complexity index is 344. The fraction of sp³-hybridized carbons (Fsp3) is 0.200. The van der Waals surface area contributed by atoms with Gasteiger partial charge in [0.25, 0.3) is 0 Å². The number of hydrogen-bond donors (Lipinski definition) is 0. The van der Waals surface area contributed by atoms with Crippen LogP contribution < -0.4 is 0 Å². The molecule has 0 N–H and O–H groups in total. The lowest BCUT2D eigenvalue weighted by Gasteiger charge is -2.11. The molecule has 3 nitrogen and oxygen atoms in total. The molecule has 2 aromatic rings. The predicted molar refractivity (Wildman–Crippen MR) is 55.7 cm³/mol. The highest BCUT2D eigenvalue weighted by Gasteiger charge is 2.19. The largest absolute Gasteiger partial charge is 0.465 e. The van der Waals surface area contributed by atoms with Crippen LogP contribution in [0.15, 0.2) is 45.6 Å². The van der Waals surface area contributed by atoms with Crippen molar-refractivity contribution in [3.63, 3.8) is 0 Å². The molecule has 2 rings (SSSR count). The Hall–Kier alpha value is -0.900. The van der Waals surface area contributed by atoms with E-state index >= 15 is 0 Å². The number of halogens is 2. The van der Waals surface area contributed by atoms with Crippen molar-refractivity contribution < 1.29 is 13.6 Å². The van der Waals surface area contributed by atoms with Crippen molar-refractivity contribution in [2.45, 2.75) is 11.1 Å². The van der Waals surface area contributed by atoms with Crippen molar-refractivity contribution in [2.24, 2.45) is 0 Å². The molecule has 0 fully saturated rings. The molecule has 5 heteroatoms. The molecule has 15 heavy (non-hydrogen) atoms. The quantitative estimate of drug-likeness (QED) is 0.764. The summed E-state index contributed by atoms with van der Waals surface area (Å²) in [6.45, 7) is 0. The molecule has 0 saturated heterocycles. The summed E-state index contributed by atoms with van der Waals surface area (Å²) in [6, 6.07) is 6.88. The molecule has 2 heterocycles. The summed E-state index contributed by atoms with van der Waals surface area (Å²) >= 11 is 11.8. The van der Waals surface area contributed by atoms with E-state index in [1.807, 2.05) is 0 Å². The number of furan rings is 2. The molecule has 0 aromatic carbocycles. The number of alkyl halides is 2. The molecule has 0 aliphatic rings. The Balaban J connectivity index is 1.98. The summed E-state index contributed by atoms with van der Waals surface area (Å²) in [5.41, 5.74) is -1.46. The molecular weight excluding hydrogens is 239 g/mol. The molecule has 0 spiro atoms. The first-order chi connectivity index (χ1) is 7.27. The lowest BCUT2D eigenvalue weighted by Crippen LogP contribution is -1.99. The van der Waals surface area contributed by atoms with Gasteiger partial charge in [-0.1, -0.05) is 23.2 Å². The average Bonchev–Trinajstić information content (AvgIpc) is 2.91. The highest BCUT2D eigenvalue weighted by Crippen LogP contribution is 2.32. The van der Waals surface area contributed by atoms with Gasteiger partial charge in [-0.3, -0.25) is 0 Å². The van der Waals surface area contributed by atoms with Crippen LogP contribution in [0.2, 0.25) is 0 Å². The number of hydrogen-bond acceptors (Lipinski definition) is 3. The van der Waals surface area contributed by atoms with E-state index in [1.54, 1.807) is 24.3 Å². The number of rotatable bonds is 4. The maximum atomic E-state index is 5.92. The molecule has 2 unspecified atom stereocenters. The van der Waals surface area contributed by atoms with Crippen LogP contribution in [-0.2, 0) is 4.74 Å². The molecule has 0 amide bonds. The van der Waals surface area contributed by atoms with Crippen LogP contribution >= 0.6 is 23.2 Å². The predicted octanol–water partition coefficient (Wildman–Crippen LogP) is 4.06. The Morgan fingerprint density at radius 2 is 1.40 bits per heavy atom. The Kier molecular flexibility index (Phi) is 3.36. The van der Waals surface area contributed by atoms with E-state index < -0.39 is 11.1 Å². The second kappa shape index (κ2) is 4.75. The third kappa shape index (κ3) is 2.56. The van der Waals surface area contributed by atoms with Gasteiger partial charge in [-0.15, -0.1) is 0 Å². The summed E-state index contributed by atoms with van der Waals surface area (Å²) < 4.78 is 15.4. The van der Waals surface area contributed by atoms with E-state index in [1.165, 1.54) is 12.5 Å². The van der Waals surface area contributed by atoms with Gasteiger partial charge in [0, 0.05) is 0 Å². The standard InChI is InChI=1S/C10H8Cl2O3/c11-9(7-3-1-5-13-7)15-10(12)8-4-2-6-14-8/h1-6,9-10H. The summed E-state index contributed by atoms with van der Waals surface area (Å²) in [5.74, 6) is 1.02. The molecule has 0 aliphatic heterocycles. The normalized spacial score (nSPS) is 15.1. The Morgan fingerprint density at radius 1 is 0.933 bits per heavy atom. The van der Waals surface area contributed by atoms with Crippen LogP contribution in [0.4, 0.5) is 0 Å². The van der Waals surface area contributed by atoms with Gasteiger partial charge in [0.05, 0.1) is 12.5 Å².